The molecule has 4 aromatic carbocycles. The predicted octanol–water partition coefficient (Wildman–Crippen LogP) is 9.50. The molecule has 0 spiro atoms. The number of amides is 4. The van der Waals surface area contributed by atoms with Crippen LogP contribution in [0.15, 0.2) is 109 Å². The summed E-state index contributed by atoms with van der Waals surface area (Å²) in [5, 5.41) is 11.7. The van der Waals surface area contributed by atoms with Crippen LogP contribution < -0.4 is 24.5 Å². The highest BCUT2D eigenvalue weighted by Gasteiger charge is 2.70. The molecule has 9 rings (SSSR count). The van der Waals surface area contributed by atoms with Crippen molar-refractivity contribution in [2.45, 2.75) is 30.4 Å². The molecule has 5 aromatic rings. The summed E-state index contributed by atoms with van der Waals surface area (Å²) in [4.78, 5) is 64.8. The number of hydrogen-bond donors (Lipinski definition) is 2. The first-order valence-electron chi connectivity index (χ1n) is 20.7. The van der Waals surface area contributed by atoms with Crippen molar-refractivity contribution in [3.05, 3.63) is 147 Å². The number of fused-ring (bicyclic) bond motifs is 4. The van der Waals surface area contributed by atoms with Crippen LogP contribution in [-0.2, 0) is 30.8 Å². The van der Waals surface area contributed by atoms with Crippen molar-refractivity contribution in [2.75, 3.05) is 31.7 Å². The van der Waals surface area contributed by atoms with Gasteiger partial charge >= 0.3 is 6.18 Å². The number of nitrogens with zero attached hydrogens (tertiary/aromatic N) is 3. The average molecular weight is 940 g/mol. The largest absolute Gasteiger partial charge is 0.504 e. The van der Waals surface area contributed by atoms with E-state index in [1.807, 2.05) is 24.3 Å². The van der Waals surface area contributed by atoms with E-state index >= 15 is 9.59 Å². The Morgan fingerprint density at radius 1 is 0.818 bits per heavy atom. The molecule has 2 N–H and O–H groups in total. The first kappa shape index (κ1) is 44.4. The molecule has 66 heavy (non-hydrogen) atoms. The zero-order valence-corrected chi connectivity index (χ0v) is 36.8. The molecule has 1 aromatic heterocycles. The highest BCUT2D eigenvalue weighted by atomic mass is 35.5. The Hall–Kier alpha value is -6.84. The fraction of sp³-hybridized carbons (Fsp3) is 0.245. The van der Waals surface area contributed by atoms with Crippen molar-refractivity contribution >= 4 is 70.5 Å². The van der Waals surface area contributed by atoms with Crippen molar-refractivity contribution in [3.8, 4) is 23.0 Å². The van der Waals surface area contributed by atoms with Gasteiger partial charge in [-0.25, -0.2) is 4.98 Å². The van der Waals surface area contributed by atoms with E-state index in [2.05, 4.69) is 10.4 Å². The van der Waals surface area contributed by atoms with Crippen molar-refractivity contribution in [2.24, 2.45) is 23.7 Å². The van der Waals surface area contributed by atoms with Crippen LogP contribution in [0.5, 0.6) is 23.0 Å². The summed E-state index contributed by atoms with van der Waals surface area (Å²) in [6.07, 6.45) is 1.35. The van der Waals surface area contributed by atoms with Crippen molar-refractivity contribution in [1.82, 2.24) is 9.99 Å². The number of methoxy groups -OCH3 is 3. The van der Waals surface area contributed by atoms with Gasteiger partial charge in [0, 0.05) is 22.7 Å². The SMILES string of the molecule is COc1ccc(OC)c(C=Cc2ccc(N3C(=O)[C@H]4[C@H](CC=C5[C@H]4C[C@H]4C(=O)N(Nc6ncc(C(F)(F)F)cc6Cl)C(=O)[C@@]4(c4ccc(Cl)cc4)[C@H]5c4ccc(OC)c(O)c4)C3=O)cc2)c1. The number of hydrogen-bond acceptors (Lipinski definition) is 10. The molecule has 1 saturated carbocycles. The highest BCUT2D eigenvalue weighted by molar-refractivity contribution is 6.33. The van der Waals surface area contributed by atoms with Gasteiger partial charge in [-0.1, -0.05) is 77.3 Å². The molecule has 2 saturated heterocycles. The Balaban J connectivity index is 1.12. The number of aromatic hydroxyl groups is 1. The molecule has 4 aliphatic rings. The number of carbonyl (C=O) groups excluding carboxylic acids is 4. The molecule has 338 valence electrons. The van der Waals surface area contributed by atoms with Crippen LogP contribution in [0.3, 0.4) is 0 Å². The minimum absolute atomic E-state index is 0.0878. The van der Waals surface area contributed by atoms with Gasteiger partial charge in [-0.05, 0) is 96.1 Å². The maximum atomic E-state index is 15.5. The zero-order chi connectivity index (χ0) is 46.8. The molecule has 3 fully saturated rings. The number of hydrazine groups is 1. The summed E-state index contributed by atoms with van der Waals surface area (Å²) in [7, 11) is 4.52. The molecule has 17 heteroatoms. The van der Waals surface area contributed by atoms with Crippen LogP contribution in [0.1, 0.15) is 46.6 Å². The number of aromatic nitrogens is 1. The molecule has 6 atom stereocenters. The van der Waals surface area contributed by atoms with Gasteiger partial charge in [-0.3, -0.25) is 29.5 Å². The Morgan fingerprint density at radius 3 is 2.18 bits per heavy atom. The van der Waals surface area contributed by atoms with Gasteiger partial charge in [0.05, 0.1) is 60.8 Å². The van der Waals surface area contributed by atoms with E-state index < -0.39 is 75.4 Å². The molecule has 0 radical (unpaired) electrons. The van der Waals surface area contributed by atoms with E-state index in [4.69, 9.17) is 37.4 Å². The summed E-state index contributed by atoms with van der Waals surface area (Å²) in [6.45, 7) is 0. The number of rotatable bonds is 10. The quantitative estimate of drug-likeness (QED) is 0.0789. The van der Waals surface area contributed by atoms with Gasteiger partial charge in [0.25, 0.3) is 11.8 Å². The van der Waals surface area contributed by atoms with Gasteiger partial charge in [-0.15, -0.1) is 0 Å². The highest BCUT2D eigenvalue weighted by Crippen LogP contribution is 2.64. The van der Waals surface area contributed by atoms with Gasteiger partial charge in [0.2, 0.25) is 11.8 Å². The third kappa shape index (κ3) is 7.21. The van der Waals surface area contributed by atoms with Crippen LogP contribution in [-0.4, -0.2) is 60.1 Å². The summed E-state index contributed by atoms with van der Waals surface area (Å²) < 4.78 is 57.0. The van der Waals surface area contributed by atoms with Crippen molar-refractivity contribution in [1.29, 1.82) is 0 Å². The summed E-state index contributed by atoms with van der Waals surface area (Å²) in [5.74, 6) is -6.53. The Labute approximate surface area is 386 Å². The maximum absolute atomic E-state index is 15.5. The predicted molar refractivity (Wildman–Crippen MR) is 239 cm³/mol. The maximum Gasteiger partial charge on any atom is 0.417 e. The van der Waals surface area contributed by atoms with E-state index in [9.17, 15) is 27.9 Å². The number of benzene rings is 4. The third-order valence-corrected chi connectivity index (χ3v) is 13.7. The number of carbonyl (C=O) groups is 4. The topological polar surface area (TPSA) is 148 Å². The number of pyridine rings is 1. The minimum Gasteiger partial charge on any atom is -0.504 e. The van der Waals surface area contributed by atoms with Crippen molar-refractivity contribution in [3.63, 3.8) is 0 Å². The molecule has 2 aliphatic heterocycles. The molecule has 2 aliphatic carbocycles. The lowest BCUT2D eigenvalue weighted by Crippen LogP contribution is -2.53. The number of anilines is 2. The summed E-state index contributed by atoms with van der Waals surface area (Å²) in [6, 6.07) is 24.0. The average Bonchev–Trinajstić information content (AvgIpc) is 3.69. The van der Waals surface area contributed by atoms with Crippen LogP contribution in [0.25, 0.3) is 12.2 Å². The van der Waals surface area contributed by atoms with Gasteiger partial charge in [0.15, 0.2) is 17.3 Å². The van der Waals surface area contributed by atoms with Gasteiger partial charge in [-0.2, -0.15) is 18.2 Å². The second-order valence-electron chi connectivity index (χ2n) is 16.4. The number of alkyl halides is 3. The molecule has 3 heterocycles. The van der Waals surface area contributed by atoms with Gasteiger partial charge < -0.3 is 19.3 Å². The monoisotopic (exact) mass is 938 g/mol. The Bertz CT molecular complexity index is 2870. The number of nitrogens with one attached hydrogen (secondary N) is 1. The number of halogens is 5. The van der Waals surface area contributed by atoms with Crippen LogP contribution in [0.4, 0.5) is 24.7 Å². The van der Waals surface area contributed by atoms with E-state index in [0.717, 1.165) is 11.1 Å². The van der Waals surface area contributed by atoms with Crippen LogP contribution in [0.2, 0.25) is 10.0 Å². The molecule has 0 unspecified atom stereocenters. The van der Waals surface area contributed by atoms with Crippen LogP contribution in [0, 0.1) is 23.7 Å². The normalized spacial score (nSPS) is 23.7. The number of imide groups is 2. The standard InChI is InChI=1S/C49H39Cl2F3N4O8/c1-64-32-15-19-39(65-2)26(20-32)7-4-25-5-13-31(14-6-25)57-44(60)34-17-16-33-35(41(34)46(57)62)23-36-45(61)58(56-43-37(51)22-29(24-55-43)49(52,53)54)47(63)48(36,28-9-11-30(50)12-10-28)42(33)27-8-18-40(66-3)38(59)21-27/h4-16,18-22,24,34-36,41-42,59H,17,23H2,1-3H3,(H,55,56)/t34-,35+,36-,41-,42-,48+/m0/s1. The lowest BCUT2D eigenvalue weighted by molar-refractivity contribution is -0.139. The fourth-order valence-electron chi connectivity index (χ4n) is 10.2. The molecular formula is C49H39Cl2F3N4O8. The smallest absolute Gasteiger partial charge is 0.417 e. The first-order chi connectivity index (χ1) is 31.6. The van der Waals surface area contributed by atoms with E-state index in [1.54, 1.807) is 80.9 Å². The Kier molecular flexibility index (Phi) is 11.3. The van der Waals surface area contributed by atoms with E-state index in [1.165, 1.54) is 24.1 Å². The summed E-state index contributed by atoms with van der Waals surface area (Å²) in [5.41, 5.74) is 2.92. The Morgan fingerprint density at radius 2 is 1.53 bits per heavy atom. The van der Waals surface area contributed by atoms with Crippen molar-refractivity contribution < 1.29 is 51.7 Å². The number of ether oxygens (including phenoxy) is 3. The van der Waals surface area contributed by atoms with E-state index in [-0.39, 0.29) is 30.2 Å². The lowest BCUT2D eigenvalue weighted by atomic mass is 9.49. The first-order valence-corrected chi connectivity index (χ1v) is 21.4. The van der Waals surface area contributed by atoms with Crippen LogP contribution >= 0.6 is 23.2 Å². The number of phenols is 1. The third-order valence-electron chi connectivity index (χ3n) is 13.1. The van der Waals surface area contributed by atoms with Gasteiger partial charge in [0.1, 0.15) is 11.5 Å². The minimum atomic E-state index is -4.77. The summed E-state index contributed by atoms with van der Waals surface area (Å²) >= 11 is 12.7. The second kappa shape index (κ2) is 16.9. The molecule has 4 amide bonds. The molecule has 0 bridgehead atoms. The number of phenolic OH excluding ortho intramolecular Hbond substituents is 1. The second-order valence-corrected chi connectivity index (χ2v) is 17.2. The lowest BCUT2D eigenvalue weighted by Gasteiger charge is -2.50. The van der Waals surface area contributed by atoms with E-state index in [0.29, 0.717) is 56.2 Å². The fourth-order valence-corrected chi connectivity index (χ4v) is 10.5. The molecular weight excluding hydrogens is 900 g/mol. The number of allylic oxidation sites excluding steroid dienone is 2. The molecule has 12 nitrogen and oxygen atoms in total. The zero-order valence-electron chi connectivity index (χ0n) is 35.3.